The van der Waals surface area contributed by atoms with Gasteiger partial charge in [-0.05, 0) is 52.3 Å². The van der Waals surface area contributed by atoms with Crippen LogP contribution in [-0.2, 0) is 16.4 Å². The number of aliphatic imine (C=N–C) groups is 1. The summed E-state index contributed by atoms with van der Waals surface area (Å²) in [5, 5.41) is 7.93. The SMILES string of the molecule is CCNC(=NCc1ccccc1-n1nc(C)cc1C)N1CCS(=O)(=O)C(C)(C)C1. The molecule has 1 saturated heterocycles. The van der Waals surface area contributed by atoms with Gasteiger partial charge >= 0.3 is 0 Å². The smallest absolute Gasteiger partial charge is 0.194 e. The number of rotatable bonds is 4. The van der Waals surface area contributed by atoms with Crippen LogP contribution in [0.4, 0.5) is 0 Å². The minimum absolute atomic E-state index is 0.146. The van der Waals surface area contributed by atoms with E-state index in [4.69, 9.17) is 4.99 Å². The fourth-order valence-electron chi connectivity index (χ4n) is 3.63. The van der Waals surface area contributed by atoms with Crippen molar-refractivity contribution in [3.63, 3.8) is 0 Å². The van der Waals surface area contributed by atoms with Crippen LogP contribution in [0.1, 0.15) is 37.7 Å². The highest BCUT2D eigenvalue weighted by molar-refractivity contribution is 7.92. The standard InChI is InChI=1S/C21H31N5O2S/c1-6-22-20(25-11-12-29(27,28)21(4,5)15-25)23-14-18-9-7-8-10-19(18)26-17(3)13-16(2)24-26/h7-10,13H,6,11-12,14-15H2,1-5H3,(H,22,23). The van der Waals surface area contributed by atoms with Crippen LogP contribution in [0.3, 0.4) is 0 Å². The van der Waals surface area contributed by atoms with Crippen LogP contribution in [-0.4, -0.2) is 59.2 Å². The molecule has 158 valence electrons. The number of hydrogen-bond acceptors (Lipinski definition) is 4. The normalized spacial score (nSPS) is 18.7. The first-order valence-electron chi connectivity index (χ1n) is 10.0. The average molecular weight is 418 g/mol. The van der Waals surface area contributed by atoms with Gasteiger partial charge in [0.25, 0.3) is 0 Å². The van der Waals surface area contributed by atoms with Gasteiger partial charge in [0.1, 0.15) is 0 Å². The maximum Gasteiger partial charge on any atom is 0.194 e. The molecule has 1 N–H and O–H groups in total. The van der Waals surface area contributed by atoms with Crippen molar-refractivity contribution < 1.29 is 8.42 Å². The lowest BCUT2D eigenvalue weighted by molar-refractivity contribution is 0.353. The van der Waals surface area contributed by atoms with Crippen LogP contribution in [0, 0.1) is 13.8 Å². The van der Waals surface area contributed by atoms with E-state index in [1.807, 2.05) is 43.7 Å². The van der Waals surface area contributed by atoms with Crippen LogP contribution in [0.2, 0.25) is 0 Å². The second-order valence-corrected chi connectivity index (χ2v) is 10.9. The molecule has 0 spiro atoms. The Morgan fingerprint density at radius 3 is 2.62 bits per heavy atom. The fourth-order valence-corrected chi connectivity index (χ4v) is 5.00. The number of para-hydroxylation sites is 1. The van der Waals surface area contributed by atoms with E-state index in [-0.39, 0.29) is 5.75 Å². The molecule has 0 aliphatic carbocycles. The molecule has 0 atom stereocenters. The van der Waals surface area contributed by atoms with Crippen LogP contribution >= 0.6 is 0 Å². The van der Waals surface area contributed by atoms with Crippen molar-refractivity contribution in [2.45, 2.75) is 45.9 Å². The summed E-state index contributed by atoms with van der Waals surface area (Å²) in [6, 6.07) is 10.2. The maximum atomic E-state index is 12.3. The number of nitrogens with zero attached hydrogens (tertiary/aromatic N) is 4. The predicted molar refractivity (Wildman–Crippen MR) is 117 cm³/mol. The van der Waals surface area contributed by atoms with Crippen molar-refractivity contribution in [2.75, 3.05) is 25.4 Å². The van der Waals surface area contributed by atoms with E-state index in [0.717, 1.165) is 35.1 Å². The van der Waals surface area contributed by atoms with Gasteiger partial charge in [-0.2, -0.15) is 5.10 Å². The fraction of sp³-hybridized carbons (Fsp3) is 0.524. The van der Waals surface area contributed by atoms with E-state index in [2.05, 4.69) is 27.4 Å². The zero-order chi connectivity index (χ0) is 21.2. The Hall–Kier alpha value is -2.35. The first-order valence-corrected chi connectivity index (χ1v) is 11.7. The maximum absolute atomic E-state index is 12.3. The highest BCUT2D eigenvalue weighted by atomic mass is 32.2. The molecule has 0 bridgehead atoms. The molecule has 2 aromatic rings. The molecular weight excluding hydrogens is 386 g/mol. The van der Waals surface area contributed by atoms with Gasteiger partial charge in [-0.1, -0.05) is 18.2 Å². The largest absolute Gasteiger partial charge is 0.357 e. The number of aryl methyl sites for hydroxylation is 2. The van der Waals surface area contributed by atoms with Gasteiger partial charge in [-0.15, -0.1) is 0 Å². The van der Waals surface area contributed by atoms with Gasteiger partial charge in [0, 0.05) is 25.3 Å². The Morgan fingerprint density at radius 1 is 1.28 bits per heavy atom. The molecule has 2 heterocycles. The van der Waals surface area contributed by atoms with E-state index in [1.165, 1.54) is 0 Å². The van der Waals surface area contributed by atoms with E-state index >= 15 is 0 Å². The van der Waals surface area contributed by atoms with Gasteiger partial charge in [0.15, 0.2) is 15.8 Å². The summed E-state index contributed by atoms with van der Waals surface area (Å²) < 4.78 is 25.9. The van der Waals surface area contributed by atoms with Crippen molar-refractivity contribution in [2.24, 2.45) is 4.99 Å². The molecule has 1 fully saturated rings. The molecule has 0 radical (unpaired) electrons. The van der Waals surface area contributed by atoms with Crippen molar-refractivity contribution in [1.29, 1.82) is 0 Å². The number of nitrogens with one attached hydrogen (secondary N) is 1. The lowest BCUT2D eigenvalue weighted by Gasteiger charge is -2.39. The lowest BCUT2D eigenvalue weighted by atomic mass is 10.1. The first kappa shape index (κ1) is 21.4. The summed E-state index contributed by atoms with van der Waals surface area (Å²) in [4.78, 5) is 6.89. The number of sulfone groups is 1. The highest BCUT2D eigenvalue weighted by Crippen LogP contribution is 2.24. The topological polar surface area (TPSA) is 79.6 Å². The summed E-state index contributed by atoms with van der Waals surface area (Å²) in [7, 11) is -3.09. The predicted octanol–water partition coefficient (Wildman–Crippen LogP) is 2.46. The minimum Gasteiger partial charge on any atom is -0.357 e. The molecule has 0 unspecified atom stereocenters. The average Bonchev–Trinajstić information content (AvgIpc) is 2.99. The molecule has 0 saturated carbocycles. The monoisotopic (exact) mass is 417 g/mol. The zero-order valence-corrected chi connectivity index (χ0v) is 18.8. The molecule has 8 heteroatoms. The Balaban J connectivity index is 1.88. The van der Waals surface area contributed by atoms with Gasteiger partial charge in [-0.3, -0.25) is 0 Å². The Kier molecular flexibility index (Phi) is 6.03. The molecule has 1 aliphatic heterocycles. The number of hydrogen-bond donors (Lipinski definition) is 1. The highest BCUT2D eigenvalue weighted by Gasteiger charge is 2.40. The molecule has 7 nitrogen and oxygen atoms in total. The van der Waals surface area contributed by atoms with Crippen LogP contribution < -0.4 is 5.32 Å². The van der Waals surface area contributed by atoms with Crippen LogP contribution in [0.5, 0.6) is 0 Å². The molecule has 3 rings (SSSR count). The summed E-state index contributed by atoms with van der Waals surface area (Å²) in [5.41, 5.74) is 4.14. The van der Waals surface area contributed by atoms with Gasteiger partial charge in [-0.25, -0.2) is 18.1 Å². The van der Waals surface area contributed by atoms with E-state index in [0.29, 0.717) is 19.6 Å². The van der Waals surface area contributed by atoms with Crippen LogP contribution in [0.15, 0.2) is 35.3 Å². The van der Waals surface area contributed by atoms with Crippen molar-refractivity contribution in [3.05, 3.63) is 47.3 Å². The second-order valence-electron chi connectivity index (χ2n) is 8.14. The Labute approximate surface area is 173 Å². The summed E-state index contributed by atoms with van der Waals surface area (Å²) in [6.07, 6.45) is 0. The Morgan fingerprint density at radius 2 is 2.00 bits per heavy atom. The number of benzene rings is 1. The third-order valence-corrected chi connectivity index (χ3v) is 7.84. The van der Waals surface area contributed by atoms with Crippen LogP contribution in [0.25, 0.3) is 5.69 Å². The second kappa shape index (κ2) is 8.18. The summed E-state index contributed by atoms with van der Waals surface area (Å²) >= 11 is 0. The molecule has 1 aliphatic rings. The molecular formula is C21H31N5O2S. The minimum atomic E-state index is -3.09. The zero-order valence-electron chi connectivity index (χ0n) is 17.9. The molecule has 1 aromatic carbocycles. The van der Waals surface area contributed by atoms with Gasteiger partial charge in [0.05, 0.1) is 28.4 Å². The summed E-state index contributed by atoms with van der Waals surface area (Å²) in [5.74, 6) is 0.894. The van der Waals surface area contributed by atoms with Crippen molar-refractivity contribution in [3.8, 4) is 5.69 Å². The van der Waals surface area contributed by atoms with Gasteiger partial charge in [0.2, 0.25) is 0 Å². The molecule has 29 heavy (non-hydrogen) atoms. The third-order valence-electron chi connectivity index (χ3n) is 5.31. The molecule has 0 amide bonds. The quantitative estimate of drug-likeness (QED) is 0.611. The molecule has 1 aromatic heterocycles. The van der Waals surface area contributed by atoms with Gasteiger partial charge < -0.3 is 10.2 Å². The first-order chi connectivity index (χ1) is 13.6. The Bertz CT molecular complexity index is 1010. The van der Waals surface area contributed by atoms with Crippen molar-refractivity contribution >= 4 is 15.8 Å². The number of guanidine groups is 1. The van der Waals surface area contributed by atoms with Crippen molar-refractivity contribution in [1.82, 2.24) is 20.0 Å². The van der Waals surface area contributed by atoms with E-state index in [9.17, 15) is 8.42 Å². The van der Waals surface area contributed by atoms with E-state index < -0.39 is 14.6 Å². The number of aromatic nitrogens is 2. The van der Waals surface area contributed by atoms with E-state index in [1.54, 1.807) is 13.8 Å². The third kappa shape index (κ3) is 4.47. The summed E-state index contributed by atoms with van der Waals surface area (Å²) in [6.45, 7) is 11.7. The lowest BCUT2D eigenvalue weighted by Crippen LogP contribution is -2.57.